The lowest BCUT2D eigenvalue weighted by Crippen LogP contribution is -2.51. The van der Waals surface area contributed by atoms with E-state index in [1.807, 2.05) is 38.1 Å². The fraction of sp³-hybridized carbons (Fsp3) is 0.350. The van der Waals surface area contributed by atoms with Gasteiger partial charge in [0.05, 0.1) is 5.56 Å². The van der Waals surface area contributed by atoms with Crippen molar-refractivity contribution in [2.75, 3.05) is 6.61 Å². The molecule has 1 heterocycles. The monoisotopic (exact) mass is 340 g/mol. The summed E-state index contributed by atoms with van der Waals surface area (Å²) in [7, 11) is 0. The van der Waals surface area contributed by atoms with E-state index < -0.39 is 5.72 Å². The molecule has 5 heteroatoms. The predicted octanol–water partition coefficient (Wildman–Crippen LogP) is 3.10. The zero-order valence-corrected chi connectivity index (χ0v) is 14.8. The SMILES string of the molecule is CC(COc1ccc2c(c1)C(=O)NC(C)(C)O2)NCc1ccccc1. The number of carbonyl (C=O) groups is 1. The van der Waals surface area contributed by atoms with Crippen molar-refractivity contribution in [3.8, 4) is 11.5 Å². The molecular weight excluding hydrogens is 316 g/mol. The van der Waals surface area contributed by atoms with E-state index in [4.69, 9.17) is 9.47 Å². The zero-order chi connectivity index (χ0) is 17.9. The summed E-state index contributed by atoms with van der Waals surface area (Å²) in [6.07, 6.45) is 0. The maximum absolute atomic E-state index is 12.2. The second kappa shape index (κ2) is 7.15. The standard InChI is InChI=1S/C20H24N2O3/c1-14(21-12-15-7-5-4-6-8-15)13-24-16-9-10-18-17(11-16)19(23)22-20(2,3)25-18/h4-11,14,21H,12-13H2,1-3H3,(H,22,23). The molecule has 1 aliphatic heterocycles. The highest BCUT2D eigenvalue weighted by Gasteiger charge is 2.31. The molecular formula is C20H24N2O3. The Morgan fingerprint density at radius 1 is 1.20 bits per heavy atom. The molecule has 0 fully saturated rings. The van der Waals surface area contributed by atoms with Crippen molar-refractivity contribution >= 4 is 5.91 Å². The third-order valence-electron chi connectivity index (χ3n) is 3.97. The van der Waals surface area contributed by atoms with E-state index in [1.54, 1.807) is 12.1 Å². The van der Waals surface area contributed by atoms with Crippen LogP contribution < -0.4 is 20.1 Å². The molecule has 1 aliphatic rings. The first-order chi connectivity index (χ1) is 11.9. The van der Waals surface area contributed by atoms with Crippen LogP contribution >= 0.6 is 0 Å². The highest BCUT2D eigenvalue weighted by Crippen LogP contribution is 2.30. The summed E-state index contributed by atoms with van der Waals surface area (Å²) in [6, 6.07) is 15.8. The summed E-state index contributed by atoms with van der Waals surface area (Å²) in [4.78, 5) is 12.2. The molecule has 25 heavy (non-hydrogen) atoms. The van der Waals surface area contributed by atoms with Crippen molar-refractivity contribution in [1.82, 2.24) is 10.6 Å². The van der Waals surface area contributed by atoms with Crippen LogP contribution in [0, 0.1) is 0 Å². The molecule has 0 aliphatic carbocycles. The average Bonchev–Trinajstić information content (AvgIpc) is 2.58. The highest BCUT2D eigenvalue weighted by atomic mass is 16.5. The van der Waals surface area contributed by atoms with Gasteiger partial charge in [-0.25, -0.2) is 0 Å². The minimum atomic E-state index is -0.692. The van der Waals surface area contributed by atoms with Gasteiger partial charge in [0.1, 0.15) is 18.1 Å². The van der Waals surface area contributed by atoms with Gasteiger partial charge < -0.3 is 20.1 Å². The fourth-order valence-corrected chi connectivity index (χ4v) is 2.67. The lowest BCUT2D eigenvalue weighted by molar-refractivity contribution is 0.0431. The van der Waals surface area contributed by atoms with Gasteiger partial charge in [-0.1, -0.05) is 30.3 Å². The van der Waals surface area contributed by atoms with Crippen molar-refractivity contribution in [3.05, 3.63) is 59.7 Å². The second-order valence-corrected chi connectivity index (χ2v) is 6.80. The predicted molar refractivity (Wildman–Crippen MR) is 96.9 cm³/mol. The summed E-state index contributed by atoms with van der Waals surface area (Å²) in [5.74, 6) is 1.09. The molecule has 132 valence electrons. The van der Waals surface area contributed by atoms with Crippen LogP contribution in [0.5, 0.6) is 11.5 Å². The zero-order valence-electron chi connectivity index (χ0n) is 14.8. The van der Waals surface area contributed by atoms with E-state index in [2.05, 4.69) is 29.7 Å². The van der Waals surface area contributed by atoms with Crippen LogP contribution in [-0.2, 0) is 6.54 Å². The van der Waals surface area contributed by atoms with Gasteiger partial charge in [-0.3, -0.25) is 4.79 Å². The topological polar surface area (TPSA) is 59.6 Å². The quantitative estimate of drug-likeness (QED) is 0.848. The number of nitrogens with one attached hydrogen (secondary N) is 2. The summed E-state index contributed by atoms with van der Waals surface area (Å²) in [6.45, 7) is 7.01. The number of hydrogen-bond donors (Lipinski definition) is 2. The van der Waals surface area contributed by atoms with Crippen molar-refractivity contribution < 1.29 is 14.3 Å². The highest BCUT2D eigenvalue weighted by molar-refractivity contribution is 5.98. The molecule has 0 bridgehead atoms. The molecule has 1 amide bonds. The van der Waals surface area contributed by atoms with Gasteiger partial charge in [0.25, 0.3) is 5.91 Å². The number of amides is 1. The number of benzene rings is 2. The van der Waals surface area contributed by atoms with Crippen molar-refractivity contribution in [2.24, 2.45) is 0 Å². The van der Waals surface area contributed by atoms with Crippen LogP contribution in [0.2, 0.25) is 0 Å². The Bertz CT molecular complexity index is 744. The maximum Gasteiger partial charge on any atom is 0.258 e. The first-order valence-corrected chi connectivity index (χ1v) is 8.49. The minimum Gasteiger partial charge on any atom is -0.492 e. The van der Waals surface area contributed by atoms with Gasteiger partial charge >= 0.3 is 0 Å². The first-order valence-electron chi connectivity index (χ1n) is 8.49. The van der Waals surface area contributed by atoms with Crippen molar-refractivity contribution in [2.45, 2.75) is 39.1 Å². The Morgan fingerprint density at radius 2 is 1.96 bits per heavy atom. The molecule has 0 aromatic heterocycles. The molecule has 0 radical (unpaired) electrons. The van der Waals surface area contributed by atoms with Crippen LogP contribution in [0.15, 0.2) is 48.5 Å². The van der Waals surface area contributed by atoms with Crippen molar-refractivity contribution in [3.63, 3.8) is 0 Å². The third kappa shape index (κ3) is 4.51. The summed E-state index contributed by atoms with van der Waals surface area (Å²) < 4.78 is 11.6. The molecule has 1 unspecified atom stereocenters. The number of hydrogen-bond acceptors (Lipinski definition) is 4. The average molecular weight is 340 g/mol. The molecule has 0 spiro atoms. The van der Waals surface area contributed by atoms with Crippen LogP contribution in [0.1, 0.15) is 36.7 Å². The Hall–Kier alpha value is -2.53. The summed E-state index contributed by atoms with van der Waals surface area (Å²) in [5.41, 5.74) is 1.05. The van der Waals surface area contributed by atoms with Crippen molar-refractivity contribution in [1.29, 1.82) is 0 Å². The van der Waals surface area contributed by atoms with Gasteiger partial charge in [-0.2, -0.15) is 0 Å². The molecule has 3 rings (SSSR count). The molecule has 5 nitrogen and oxygen atoms in total. The number of rotatable bonds is 6. The van der Waals surface area contributed by atoms with Crippen LogP contribution in [0.4, 0.5) is 0 Å². The Balaban J connectivity index is 1.55. The Kier molecular flexibility index (Phi) is 4.95. The third-order valence-corrected chi connectivity index (χ3v) is 3.97. The van der Waals surface area contributed by atoms with Crippen LogP contribution in [0.3, 0.4) is 0 Å². The largest absolute Gasteiger partial charge is 0.492 e. The first kappa shape index (κ1) is 17.3. The van der Waals surface area contributed by atoms with Gasteiger partial charge in [-0.05, 0) is 44.5 Å². The Labute approximate surface area is 148 Å². The van der Waals surface area contributed by atoms with Crippen LogP contribution in [-0.4, -0.2) is 24.3 Å². The van der Waals surface area contributed by atoms with Crippen LogP contribution in [0.25, 0.3) is 0 Å². The van der Waals surface area contributed by atoms with E-state index in [1.165, 1.54) is 5.56 Å². The van der Waals surface area contributed by atoms with E-state index in [0.29, 0.717) is 23.7 Å². The van der Waals surface area contributed by atoms with E-state index in [-0.39, 0.29) is 11.9 Å². The van der Waals surface area contributed by atoms with Gasteiger partial charge in [0.2, 0.25) is 0 Å². The normalized spacial score (nSPS) is 16.4. The molecule has 0 saturated carbocycles. The van der Waals surface area contributed by atoms with E-state index in [9.17, 15) is 4.79 Å². The van der Waals surface area contributed by atoms with E-state index in [0.717, 1.165) is 6.54 Å². The summed E-state index contributed by atoms with van der Waals surface area (Å²) >= 11 is 0. The maximum atomic E-state index is 12.2. The lowest BCUT2D eigenvalue weighted by atomic mass is 10.1. The number of ether oxygens (including phenoxy) is 2. The second-order valence-electron chi connectivity index (χ2n) is 6.80. The fourth-order valence-electron chi connectivity index (χ4n) is 2.67. The van der Waals surface area contributed by atoms with Gasteiger partial charge in [0, 0.05) is 12.6 Å². The van der Waals surface area contributed by atoms with Gasteiger partial charge in [0.15, 0.2) is 5.72 Å². The molecule has 2 aromatic carbocycles. The molecule has 2 N–H and O–H groups in total. The summed E-state index contributed by atoms with van der Waals surface area (Å²) in [5, 5.41) is 6.24. The van der Waals surface area contributed by atoms with E-state index >= 15 is 0 Å². The lowest BCUT2D eigenvalue weighted by Gasteiger charge is -2.33. The number of carbonyl (C=O) groups excluding carboxylic acids is 1. The van der Waals surface area contributed by atoms with Gasteiger partial charge in [-0.15, -0.1) is 0 Å². The number of fused-ring (bicyclic) bond motifs is 1. The smallest absolute Gasteiger partial charge is 0.258 e. The molecule has 0 saturated heterocycles. The molecule has 1 atom stereocenters. The minimum absolute atomic E-state index is 0.146. The molecule has 2 aromatic rings. The Morgan fingerprint density at radius 3 is 2.72 bits per heavy atom.